The highest BCUT2D eigenvalue weighted by molar-refractivity contribution is 7.14. The van der Waals surface area contributed by atoms with Crippen LogP contribution >= 0.6 is 11.3 Å². The van der Waals surface area contributed by atoms with E-state index in [1.54, 1.807) is 13.0 Å². The number of thiophene rings is 1. The Bertz CT molecular complexity index is 1020. The maximum atomic E-state index is 12.3. The van der Waals surface area contributed by atoms with E-state index < -0.39 is 5.63 Å². The number of rotatable bonds is 3. The number of benzene rings is 1. The molecule has 0 fully saturated rings. The first kappa shape index (κ1) is 15.9. The number of hydrogen-bond acceptors (Lipinski definition) is 6. The standard InChI is InChI=1S/C19H16O5S/c1-10-14(20)6-5-13-12(8-17(21)24-18(10)13)9-23-19(22)16-7-11-3-2-4-15(11)25-16/h5-8,20H,2-4,9H2,1H3. The van der Waals surface area contributed by atoms with Gasteiger partial charge in [-0.05, 0) is 49.9 Å². The van der Waals surface area contributed by atoms with Crippen LogP contribution in [0.5, 0.6) is 5.75 Å². The molecule has 0 bridgehead atoms. The molecule has 0 radical (unpaired) electrons. The number of aromatic hydroxyl groups is 1. The number of phenolic OH excluding ortho intramolecular Hbond substituents is 1. The number of fused-ring (bicyclic) bond motifs is 2. The van der Waals surface area contributed by atoms with E-state index in [1.807, 2.05) is 6.07 Å². The zero-order valence-corrected chi connectivity index (χ0v) is 14.4. The van der Waals surface area contributed by atoms with Crippen molar-refractivity contribution in [3.05, 3.63) is 61.1 Å². The zero-order chi connectivity index (χ0) is 17.6. The number of carbonyl (C=O) groups is 1. The highest BCUT2D eigenvalue weighted by Gasteiger charge is 2.20. The third kappa shape index (κ3) is 2.82. The number of esters is 1. The van der Waals surface area contributed by atoms with Gasteiger partial charge in [0.15, 0.2) is 0 Å². The average Bonchev–Trinajstić information content (AvgIpc) is 3.18. The first-order chi connectivity index (χ1) is 12.0. The minimum atomic E-state index is -0.539. The van der Waals surface area contributed by atoms with Gasteiger partial charge in [0.1, 0.15) is 22.8 Å². The Hall–Kier alpha value is -2.60. The monoisotopic (exact) mass is 356 g/mol. The van der Waals surface area contributed by atoms with E-state index in [2.05, 4.69) is 0 Å². The fourth-order valence-electron chi connectivity index (χ4n) is 3.18. The lowest BCUT2D eigenvalue weighted by atomic mass is 10.1. The van der Waals surface area contributed by atoms with Crippen LogP contribution in [-0.4, -0.2) is 11.1 Å². The molecule has 4 rings (SSSR count). The molecule has 0 aliphatic heterocycles. The zero-order valence-electron chi connectivity index (χ0n) is 13.6. The third-order valence-electron chi connectivity index (χ3n) is 4.52. The molecule has 2 heterocycles. The molecule has 0 amide bonds. The topological polar surface area (TPSA) is 76.7 Å². The molecule has 2 aromatic heterocycles. The van der Waals surface area contributed by atoms with E-state index >= 15 is 0 Å². The predicted octanol–water partition coefficient (Wildman–Crippen LogP) is 3.71. The molecule has 0 saturated heterocycles. The summed E-state index contributed by atoms with van der Waals surface area (Å²) in [5, 5.41) is 10.4. The summed E-state index contributed by atoms with van der Waals surface area (Å²) in [6.07, 6.45) is 3.20. The second-order valence-corrected chi connectivity index (χ2v) is 7.30. The Morgan fingerprint density at radius 3 is 2.96 bits per heavy atom. The normalized spacial score (nSPS) is 13.2. The minimum absolute atomic E-state index is 0.0201. The van der Waals surface area contributed by atoms with Crippen LogP contribution in [0.3, 0.4) is 0 Å². The van der Waals surface area contributed by atoms with Gasteiger partial charge in [0, 0.05) is 27.5 Å². The van der Waals surface area contributed by atoms with Gasteiger partial charge in [0.05, 0.1) is 0 Å². The van der Waals surface area contributed by atoms with Crippen molar-refractivity contribution < 1.29 is 19.1 Å². The lowest BCUT2D eigenvalue weighted by Crippen LogP contribution is -2.07. The van der Waals surface area contributed by atoms with E-state index in [4.69, 9.17) is 9.15 Å². The Morgan fingerprint density at radius 1 is 1.32 bits per heavy atom. The van der Waals surface area contributed by atoms with Crippen molar-refractivity contribution in [2.24, 2.45) is 0 Å². The van der Waals surface area contributed by atoms with Crippen molar-refractivity contribution >= 4 is 28.3 Å². The van der Waals surface area contributed by atoms with Crippen molar-refractivity contribution in [2.75, 3.05) is 0 Å². The molecule has 128 valence electrons. The van der Waals surface area contributed by atoms with Gasteiger partial charge in [-0.1, -0.05) is 0 Å². The first-order valence-corrected chi connectivity index (χ1v) is 8.88. The van der Waals surface area contributed by atoms with E-state index in [0.717, 1.165) is 19.3 Å². The summed E-state index contributed by atoms with van der Waals surface area (Å²) < 4.78 is 10.6. The van der Waals surface area contributed by atoms with Gasteiger partial charge in [-0.25, -0.2) is 9.59 Å². The van der Waals surface area contributed by atoms with Crippen LogP contribution < -0.4 is 5.63 Å². The summed E-state index contributed by atoms with van der Waals surface area (Å²) in [4.78, 5) is 26.0. The Morgan fingerprint density at radius 2 is 2.16 bits per heavy atom. The van der Waals surface area contributed by atoms with Gasteiger partial charge >= 0.3 is 11.6 Å². The molecule has 0 spiro atoms. The van der Waals surface area contributed by atoms with Gasteiger partial charge in [-0.15, -0.1) is 11.3 Å². The largest absolute Gasteiger partial charge is 0.508 e. The second kappa shape index (κ2) is 6.04. The molecule has 0 unspecified atom stereocenters. The SMILES string of the molecule is Cc1c(O)ccc2c(COC(=O)c3cc4c(s3)CCC4)cc(=O)oc12. The molecule has 0 saturated carbocycles. The van der Waals surface area contributed by atoms with Crippen LogP contribution in [0.15, 0.2) is 33.5 Å². The van der Waals surface area contributed by atoms with Crippen molar-refractivity contribution in [3.8, 4) is 5.75 Å². The van der Waals surface area contributed by atoms with Crippen molar-refractivity contribution in [3.63, 3.8) is 0 Å². The van der Waals surface area contributed by atoms with Gasteiger partial charge in [0.25, 0.3) is 0 Å². The van der Waals surface area contributed by atoms with Crippen LogP contribution in [0.2, 0.25) is 0 Å². The quantitative estimate of drug-likeness (QED) is 0.572. The van der Waals surface area contributed by atoms with E-state index in [0.29, 0.717) is 27.0 Å². The Balaban J connectivity index is 1.61. The molecule has 1 N–H and O–H groups in total. The summed E-state index contributed by atoms with van der Waals surface area (Å²) in [5.41, 5.74) is 2.06. The highest BCUT2D eigenvalue weighted by atomic mass is 32.1. The maximum Gasteiger partial charge on any atom is 0.348 e. The van der Waals surface area contributed by atoms with Gasteiger partial charge in [0.2, 0.25) is 0 Å². The predicted molar refractivity (Wildman–Crippen MR) is 94.3 cm³/mol. The first-order valence-electron chi connectivity index (χ1n) is 8.07. The summed E-state index contributed by atoms with van der Waals surface area (Å²) in [6.45, 7) is 1.65. The van der Waals surface area contributed by atoms with E-state index in [1.165, 1.54) is 33.9 Å². The summed E-state index contributed by atoms with van der Waals surface area (Å²) >= 11 is 1.49. The molecular weight excluding hydrogens is 340 g/mol. The van der Waals surface area contributed by atoms with Crippen LogP contribution in [0, 0.1) is 6.92 Å². The molecule has 5 nitrogen and oxygen atoms in total. The number of ether oxygens (including phenoxy) is 1. The van der Waals surface area contributed by atoms with Crippen LogP contribution in [-0.2, 0) is 24.2 Å². The second-order valence-electron chi connectivity index (χ2n) is 6.17. The van der Waals surface area contributed by atoms with Gasteiger partial charge < -0.3 is 14.3 Å². The van der Waals surface area contributed by atoms with Gasteiger partial charge in [-0.2, -0.15) is 0 Å². The number of aryl methyl sites for hydroxylation is 3. The highest BCUT2D eigenvalue weighted by Crippen LogP contribution is 2.31. The summed E-state index contributed by atoms with van der Waals surface area (Å²) in [5.74, 6) is -0.325. The number of phenols is 1. The molecule has 6 heteroatoms. The molecule has 3 aromatic rings. The molecule has 25 heavy (non-hydrogen) atoms. The maximum absolute atomic E-state index is 12.3. The van der Waals surface area contributed by atoms with Crippen LogP contribution in [0.1, 0.15) is 37.7 Å². The Kier molecular flexibility index (Phi) is 3.84. The number of carbonyl (C=O) groups excluding carboxylic acids is 1. The molecule has 0 atom stereocenters. The summed E-state index contributed by atoms with van der Waals surface area (Å²) in [7, 11) is 0. The molecule has 1 aromatic carbocycles. The lowest BCUT2D eigenvalue weighted by molar-refractivity contribution is 0.0479. The van der Waals surface area contributed by atoms with Crippen LogP contribution in [0.4, 0.5) is 0 Å². The van der Waals surface area contributed by atoms with Gasteiger partial charge in [-0.3, -0.25) is 0 Å². The third-order valence-corrected chi connectivity index (χ3v) is 5.74. The molecule has 1 aliphatic rings. The van der Waals surface area contributed by atoms with E-state index in [9.17, 15) is 14.7 Å². The Labute approximate surface area is 147 Å². The molecule has 1 aliphatic carbocycles. The summed E-state index contributed by atoms with van der Waals surface area (Å²) in [6, 6.07) is 6.42. The van der Waals surface area contributed by atoms with Crippen molar-refractivity contribution in [2.45, 2.75) is 32.8 Å². The lowest BCUT2D eigenvalue weighted by Gasteiger charge is -2.08. The minimum Gasteiger partial charge on any atom is -0.508 e. The van der Waals surface area contributed by atoms with Crippen molar-refractivity contribution in [1.29, 1.82) is 0 Å². The van der Waals surface area contributed by atoms with Crippen LogP contribution in [0.25, 0.3) is 11.0 Å². The fourth-order valence-corrected chi connectivity index (χ4v) is 4.33. The smallest absolute Gasteiger partial charge is 0.348 e. The van der Waals surface area contributed by atoms with E-state index in [-0.39, 0.29) is 18.3 Å². The number of hydrogen-bond donors (Lipinski definition) is 1. The molecular formula is C19H16O5S. The van der Waals surface area contributed by atoms with Crippen molar-refractivity contribution in [1.82, 2.24) is 0 Å². The average molecular weight is 356 g/mol. The fraction of sp³-hybridized carbons (Fsp3) is 0.263.